The predicted molar refractivity (Wildman–Crippen MR) is 71.9 cm³/mol. The third-order valence-electron chi connectivity index (χ3n) is 3.04. The maximum Gasteiger partial charge on any atom is 0.243 e. The van der Waals surface area contributed by atoms with Crippen molar-refractivity contribution in [2.45, 2.75) is 31.8 Å². The zero-order valence-corrected chi connectivity index (χ0v) is 11.7. The molecule has 0 aromatic heterocycles. The molecule has 0 bridgehead atoms. The van der Waals surface area contributed by atoms with Gasteiger partial charge in [0.1, 0.15) is 6.04 Å². The number of hydrogen-bond acceptors (Lipinski definition) is 2. The highest BCUT2D eigenvalue weighted by Crippen LogP contribution is 2.23. The molecule has 5 heteroatoms. The van der Waals surface area contributed by atoms with Crippen molar-refractivity contribution in [3.05, 3.63) is 34.3 Å². The van der Waals surface area contributed by atoms with Crippen LogP contribution in [0.2, 0.25) is 0 Å². The zero-order chi connectivity index (χ0) is 13.1. The molecule has 96 valence electrons. The standard InChI is InChI=1S/C13H15BrN2O2/c1-8(9-4-2-3-5-10(9)14)15-13(18)11-6-7-12(17)16-11/h2-5,8,11H,6-7H2,1H3,(H,15,18)(H,16,17). The van der Waals surface area contributed by atoms with Crippen LogP contribution in [0, 0.1) is 0 Å². The van der Waals surface area contributed by atoms with E-state index in [2.05, 4.69) is 26.6 Å². The zero-order valence-electron chi connectivity index (χ0n) is 10.1. The van der Waals surface area contributed by atoms with Crippen molar-refractivity contribution < 1.29 is 9.59 Å². The Hall–Kier alpha value is -1.36. The Morgan fingerprint density at radius 2 is 2.22 bits per heavy atom. The van der Waals surface area contributed by atoms with Crippen LogP contribution < -0.4 is 10.6 Å². The predicted octanol–water partition coefficient (Wildman–Crippen LogP) is 1.90. The first-order valence-corrected chi connectivity index (χ1v) is 6.71. The van der Waals surface area contributed by atoms with Gasteiger partial charge >= 0.3 is 0 Å². The quantitative estimate of drug-likeness (QED) is 0.896. The van der Waals surface area contributed by atoms with Crippen molar-refractivity contribution >= 4 is 27.7 Å². The summed E-state index contributed by atoms with van der Waals surface area (Å²) in [6.45, 7) is 1.93. The Balaban J connectivity index is 1.99. The third kappa shape index (κ3) is 2.90. The minimum atomic E-state index is -0.387. The average molecular weight is 311 g/mol. The molecular weight excluding hydrogens is 296 g/mol. The topological polar surface area (TPSA) is 58.2 Å². The molecule has 1 heterocycles. The highest BCUT2D eigenvalue weighted by atomic mass is 79.9. The summed E-state index contributed by atoms with van der Waals surface area (Å²) in [4.78, 5) is 23.0. The fourth-order valence-electron chi connectivity index (χ4n) is 2.03. The van der Waals surface area contributed by atoms with Crippen molar-refractivity contribution in [3.63, 3.8) is 0 Å². The number of hydrogen-bond donors (Lipinski definition) is 2. The number of halogens is 1. The van der Waals surface area contributed by atoms with Crippen LogP contribution in [0.4, 0.5) is 0 Å². The molecule has 1 aromatic rings. The lowest BCUT2D eigenvalue weighted by Crippen LogP contribution is -2.42. The van der Waals surface area contributed by atoms with Crippen molar-refractivity contribution in [2.24, 2.45) is 0 Å². The molecule has 0 spiro atoms. The van der Waals surface area contributed by atoms with E-state index in [1.165, 1.54) is 0 Å². The van der Waals surface area contributed by atoms with Gasteiger partial charge in [-0.1, -0.05) is 34.1 Å². The third-order valence-corrected chi connectivity index (χ3v) is 3.76. The Bertz CT molecular complexity index is 476. The summed E-state index contributed by atoms with van der Waals surface area (Å²) < 4.78 is 0.966. The second-order valence-electron chi connectivity index (χ2n) is 4.41. The summed E-state index contributed by atoms with van der Waals surface area (Å²) in [5, 5.41) is 5.58. The van der Waals surface area contributed by atoms with Crippen LogP contribution in [0.1, 0.15) is 31.4 Å². The van der Waals surface area contributed by atoms with E-state index < -0.39 is 0 Å². The van der Waals surface area contributed by atoms with E-state index >= 15 is 0 Å². The summed E-state index contributed by atoms with van der Waals surface area (Å²) in [6, 6.07) is 7.28. The van der Waals surface area contributed by atoms with E-state index in [1.54, 1.807) is 0 Å². The minimum Gasteiger partial charge on any atom is -0.348 e. The number of carbonyl (C=O) groups is 2. The van der Waals surface area contributed by atoms with Gasteiger partial charge in [0.2, 0.25) is 11.8 Å². The lowest BCUT2D eigenvalue weighted by Gasteiger charge is -2.18. The van der Waals surface area contributed by atoms with Gasteiger partial charge < -0.3 is 10.6 Å². The lowest BCUT2D eigenvalue weighted by molar-refractivity contribution is -0.126. The molecule has 1 saturated heterocycles. The molecule has 1 fully saturated rings. The van der Waals surface area contributed by atoms with Gasteiger partial charge in [-0.15, -0.1) is 0 Å². The molecule has 2 amide bonds. The molecule has 1 aliphatic rings. The van der Waals surface area contributed by atoms with E-state index in [4.69, 9.17) is 0 Å². The Morgan fingerprint density at radius 1 is 1.50 bits per heavy atom. The smallest absolute Gasteiger partial charge is 0.243 e. The van der Waals surface area contributed by atoms with Gasteiger partial charge in [0.25, 0.3) is 0 Å². The van der Waals surface area contributed by atoms with Crippen molar-refractivity contribution in [2.75, 3.05) is 0 Å². The van der Waals surface area contributed by atoms with Crippen molar-refractivity contribution in [3.8, 4) is 0 Å². The molecule has 1 aromatic carbocycles. The molecule has 18 heavy (non-hydrogen) atoms. The van der Waals surface area contributed by atoms with Gasteiger partial charge in [0, 0.05) is 10.9 Å². The Kier molecular flexibility index (Phi) is 4.01. The minimum absolute atomic E-state index is 0.0521. The lowest BCUT2D eigenvalue weighted by atomic mass is 10.1. The van der Waals surface area contributed by atoms with Crippen LogP contribution in [-0.2, 0) is 9.59 Å². The van der Waals surface area contributed by atoms with E-state index in [9.17, 15) is 9.59 Å². The monoisotopic (exact) mass is 310 g/mol. The number of benzene rings is 1. The van der Waals surface area contributed by atoms with Crippen LogP contribution in [0.15, 0.2) is 28.7 Å². The van der Waals surface area contributed by atoms with Crippen LogP contribution in [-0.4, -0.2) is 17.9 Å². The van der Waals surface area contributed by atoms with Crippen LogP contribution in [0.25, 0.3) is 0 Å². The van der Waals surface area contributed by atoms with Crippen LogP contribution in [0.3, 0.4) is 0 Å². The number of amides is 2. The summed E-state index contributed by atoms with van der Waals surface area (Å²) in [6.07, 6.45) is 1.01. The second kappa shape index (κ2) is 5.52. The van der Waals surface area contributed by atoms with Gasteiger partial charge in [-0.05, 0) is 25.0 Å². The molecule has 2 atom stereocenters. The highest BCUT2D eigenvalue weighted by Gasteiger charge is 2.28. The maximum atomic E-state index is 11.9. The van der Waals surface area contributed by atoms with Crippen molar-refractivity contribution in [1.82, 2.24) is 10.6 Å². The van der Waals surface area contributed by atoms with Gasteiger partial charge in [0.05, 0.1) is 6.04 Å². The molecule has 0 aliphatic carbocycles. The molecule has 1 aliphatic heterocycles. The Morgan fingerprint density at radius 3 is 2.83 bits per heavy atom. The van der Waals surface area contributed by atoms with Crippen molar-refractivity contribution in [1.29, 1.82) is 0 Å². The first-order valence-electron chi connectivity index (χ1n) is 5.92. The molecule has 0 radical (unpaired) electrons. The summed E-state index contributed by atoms with van der Waals surface area (Å²) in [7, 11) is 0. The number of carbonyl (C=O) groups excluding carboxylic acids is 2. The largest absolute Gasteiger partial charge is 0.348 e. The maximum absolute atomic E-state index is 11.9. The van der Waals surface area contributed by atoms with Crippen LogP contribution >= 0.6 is 15.9 Å². The Labute approximate surface area is 114 Å². The first-order chi connectivity index (χ1) is 8.58. The van der Waals surface area contributed by atoms with Gasteiger partial charge in [-0.25, -0.2) is 0 Å². The molecule has 0 saturated carbocycles. The molecule has 2 N–H and O–H groups in total. The highest BCUT2D eigenvalue weighted by molar-refractivity contribution is 9.10. The second-order valence-corrected chi connectivity index (χ2v) is 5.26. The molecule has 2 rings (SSSR count). The number of nitrogens with one attached hydrogen (secondary N) is 2. The van der Waals surface area contributed by atoms with E-state index in [0.29, 0.717) is 12.8 Å². The van der Waals surface area contributed by atoms with Gasteiger partial charge in [-0.2, -0.15) is 0 Å². The molecular formula is C13H15BrN2O2. The summed E-state index contributed by atoms with van der Waals surface area (Å²) >= 11 is 3.46. The fourth-order valence-corrected chi connectivity index (χ4v) is 2.66. The van der Waals surface area contributed by atoms with Gasteiger partial charge in [0.15, 0.2) is 0 Å². The van der Waals surface area contributed by atoms with Crippen LogP contribution in [0.5, 0.6) is 0 Å². The van der Waals surface area contributed by atoms with E-state index in [-0.39, 0.29) is 23.9 Å². The summed E-state index contributed by atoms with van der Waals surface area (Å²) in [5.41, 5.74) is 1.02. The average Bonchev–Trinajstić information content (AvgIpc) is 2.76. The normalized spacial score (nSPS) is 20.3. The molecule has 4 nitrogen and oxygen atoms in total. The van der Waals surface area contributed by atoms with E-state index in [0.717, 1.165) is 10.0 Å². The fraction of sp³-hybridized carbons (Fsp3) is 0.385. The first kappa shape index (κ1) is 13.1. The van der Waals surface area contributed by atoms with Gasteiger partial charge in [-0.3, -0.25) is 9.59 Å². The summed E-state index contributed by atoms with van der Waals surface area (Å²) in [5.74, 6) is -0.173. The van der Waals surface area contributed by atoms with E-state index in [1.807, 2.05) is 31.2 Å². The number of rotatable bonds is 3. The SMILES string of the molecule is CC(NC(=O)C1CCC(=O)N1)c1ccccc1Br. The molecule has 2 unspecified atom stereocenters.